The first kappa shape index (κ1) is 13.0. The standard InChI is InChI=1S/C13H21N3O3/c1-12(8-17-7-9(12)14)11-15-10(16-19-11)13(2)5-3-4-6-18-13/h9H,3-8,14H2,1-2H3. The summed E-state index contributed by atoms with van der Waals surface area (Å²) in [6, 6.07) is -0.110. The fourth-order valence-corrected chi connectivity index (χ4v) is 2.69. The molecule has 2 fully saturated rings. The van der Waals surface area contributed by atoms with Gasteiger partial charge in [0.25, 0.3) is 0 Å². The van der Waals surface area contributed by atoms with E-state index in [1.165, 1.54) is 0 Å². The van der Waals surface area contributed by atoms with Crippen molar-refractivity contribution < 1.29 is 14.0 Å². The Morgan fingerprint density at radius 3 is 2.79 bits per heavy atom. The molecule has 106 valence electrons. The molecule has 6 heteroatoms. The molecule has 0 aromatic carbocycles. The van der Waals surface area contributed by atoms with E-state index in [1.807, 2.05) is 13.8 Å². The van der Waals surface area contributed by atoms with Crippen LogP contribution < -0.4 is 5.73 Å². The second-order valence-corrected chi connectivity index (χ2v) is 6.00. The van der Waals surface area contributed by atoms with Gasteiger partial charge >= 0.3 is 0 Å². The highest BCUT2D eigenvalue weighted by atomic mass is 16.5. The van der Waals surface area contributed by atoms with Crippen LogP contribution in [0.5, 0.6) is 0 Å². The average Bonchev–Trinajstić information content (AvgIpc) is 3.00. The minimum atomic E-state index is -0.431. The molecular weight excluding hydrogens is 246 g/mol. The van der Waals surface area contributed by atoms with E-state index in [0.29, 0.717) is 24.9 Å². The van der Waals surface area contributed by atoms with Crippen LogP contribution in [0.4, 0.5) is 0 Å². The monoisotopic (exact) mass is 267 g/mol. The molecule has 1 aromatic rings. The van der Waals surface area contributed by atoms with Crippen LogP contribution in [0.1, 0.15) is 44.8 Å². The van der Waals surface area contributed by atoms with Crippen molar-refractivity contribution in [3.8, 4) is 0 Å². The summed E-state index contributed by atoms with van der Waals surface area (Å²) < 4.78 is 16.7. The van der Waals surface area contributed by atoms with Crippen molar-refractivity contribution in [1.29, 1.82) is 0 Å². The summed E-state index contributed by atoms with van der Waals surface area (Å²) in [6.07, 6.45) is 3.14. The maximum atomic E-state index is 6.08. The lowest BCUT2D eigenvalue weighted by molar-refractivity contribution is -0.0770. The van der Waals surface area contributed by atoms with Crippen molar-refractivity contribution in [2.45, 2.75) is 50.2 Å². The predicted octanol–water partition coefficient (Wildman–Crippen LogP) is 1.10. The molecule has 0 saturated carbocycles. The first-order valence-electron chi connectivity index (χ1n) is 6.87. The van der Waals surface area contributed by atoms with Gasteiger partial charge in [0.2, 0.25) is 11.7 Å². The fraction of sp³-hybridized carbons (Fsp3) is 0.846. The number of nitrogens with two attached hydrogens (primary N) is 1. The third-order valence-electron chi connectivity index (χ3n) is 4.37. The summed E-state index contributed by atoms with van der Waals surface area (Å²) in [7, 11) is 0. The minimum absolute atomic E-state index is 0.110. The first-order chi connectivity index (χ1) is 9.05. The summed E-state index contributed by atoms with van der Waals surface area (Å²) >= 11 is 0. The molecule has 2 N–H and O–H groups in total. The molecule has 0 amide bonds. The van der Waals surface area contributed by atoms with Gasteiger partial charge in [-0.25, -0.2) is 0 Å². The third-order valence-corrected chi connectivity index (χ3v) is 4.37. The molecule has 19 heavy (non-hydrogen) atoms. The largest absolute Gasteiger partial charge is 0.379 e. The van der Waals surface area contributed by atoms with Gasteiger partial charge in [-0.15, -0.1) is 0 Å². The van der Waals surface area contributed by atoms with E-state index in [4.69, 9.17) is 19.7 Å². The first-order valence-corrected chi connectivity index (χ1v) is 6.87. The van der Waals surface area contributed by atoms with Crippen molar-refractivity contribution in [3.05, 3.63) is 11.7 Å². The SMILES string of the molecule is CC1(c2noc(C3(C)COCC3N)n2)CCCCO1. The Hall–Kier alpha value is -0.980. The number of hydrogen-bond acceptors (Lipinski definition) is 6. The quantitative estimate of drug-likeness (QED) is 0.864. The summed E-state index contributed by atoms with van der Waals surface area (Å²) in [4.78, 5) is 4.55. The normalized spacial score (nSPS) is 39.6. The maximum Gasteiger partial charge on any atom is 0.236 e. The molecular formula is C13H21N3O3. The van der Waals surface area contributed by atoms with Crippen molar-refractivity contribution in [1.82, 2.24) is 10.1 Å². The van der Waals surface area contributed by atoms with Crippen LogP contribution in [0.3, 0.4) is 0 Å². The van der Waals surface area contributed by atoms with Gasteiger partial charge in [-0.1, -0.05) is 5.16 Å². The number of nitrogens with zero attached hydrogens (tertiary/aromatic N) is 2. The van der Waals surface area contributed by atoms with Gasteiger partial charge in [0.15, 0.2) is 0 Å². The van der Waals surface area contributed by atoms with Gasteiger partial charge < -0.3 is 19.7 Å². The van der Waals surface area contributed by atoms with Gasteiger partial charge in [0, 0.05) is 12.6 Å². The van der Waals surface area contributed by atoms with Crippen molar-refractivity contribution in [3.63, 3.8) is 0 Å². The smallest absolute Gasteiger partial charge is 0.236 e. The molecule has 6 nitrogen and oxygen atoms in total. The minimum Gasteiger partial charge on any atom is -0.379 e. The molecule has 0 spiro atoms. The Labute approximate surface area is 112 Å². The molecule has 0 bridgehead atoms. The summed E-state index contributed by atoms with van der Waals surface area (Å²) in [5.41, 5.74) is 5.26. The van der Waals surface area contributed by atoms with Crippen molar-refractivity contribution >= 4 is 0 Å². The molecule has 0 aliphatic carbocycles. The summed E-state index contributed by atoms with van der Waals surface area (Å²) in [5, 5.41) is 4.11. The number of hydrogen-bond donors (Lipinski definition) is 1. The summed E-state index contributed by atoms with van der Waals surface area (Å²) in [5.74, 6) is 1.19. The highest BCUT2D eigenvalue weighted by molar-refractivity contribution is 5.13. The van der Waals surface area contributed by atoms with E-state index in [9.17, 15) is 0 Å². The molecule has 2 saturated heterocycles. The molecule has 2 aliphatic heterocycles. The van der Waals surface area contributed by atoms with E-state index in [-0.39, 0.29) is 6.04 Å². The number of rotatable bonds is 2. The number of aromatic nitrogens is 2. The van der Waals surface area contributed by atoms with E-state index in [1.54, 1.807) is 0 Å². The topological polar surface area (TPSA) is 83.4 Å². The highest BCUT2D eigenvalue weighted by Gasteiger charge is 2.45. The zero-order chi connectivity index (χ0) is 13.5. The van der Waals surface area contributed by atoms with Crippen LogP contribution in [-0.4, -0.2) is 36.0 Å². The molecule has 2 aliphatic rings. The van der Waals surface area contributed by atoms with Crippen molar-refractivity contribution in [2.24, 2.45) is 5.73 Å². The molecule has 3 heterocycles. The highest BCUT2D eigenvalue weighted by Crippen LogP contribution is 2.36. The van der Waals surface area contributed by atoms with Crippen molar-refractivity contribution in [2.75, 3.05) is 19.8 Å². The van der Waals surface area contributed by atoms with Gasteiger partial charge in [0.1, 0.15) is 5.60 Å². The zero-order valence-electron chi connectivity index (χ0n) is 11.5. The Balaban J connectivity index is 1.87. The fourth-order valence-electron chi connectivity index (χ4n) is 2.69. The van der Waals surface area contributed by atoms with Crippen LogP contribution in [0, 0.1) is 0 Å². The summed E-state index contributed by atoms with van der Waals surface area (Å²) in [6.45, 7) is 5.83. The predicted molar refractivity (Wildman–Crippen MR) is 67.6 cm³/mol. The van der Waals surface area contributed by atoms with Gasteiger partial charge in [-0.2, -0.15) is 4.98 Å². The maximum absolute atomic E-state index is 6.08. The zero-order valence-corrected chi connectivity index (χ0v) is 11.5. The van der Waals surface area contributed by atoms with E-state index in [0.717, 1.165) is 25.9 Å². The molecule has 0 radical (unpaired) electrons. The van der Waals surface area contributed by atoms with E-state index >= 15 is 0 Å². The lowest BCUT2D eigenvalue weighted by atomic mass is 9.85. The van der Waals surface area contributed by atoms with Crippen LogP contribution >= 0.6 is 0 Å². The molecule has 3 rings (SSSR count). The van der Waals surface area contributed by atoms with E-state index in [2.05, 4.69) is 10.1 Å². The Bertz CT molecular complexity index is 456. The molecule has 1 aromatic heterocycles. The third kappa shape index (κ3) is 2.07. The average molecular weight is 267 g/mol. The second-order valence-electron chi connectivity index (χ2n) is 6.00. The van der Waals surface area contributed by atoms with Crippen LogP contribution in [-0.2, 0) is 20.5 Å². The lowest BCUT2D eigenvalue weighted by Crippen LogP contribution is -2.42. The van der Waals surface area contributed by atoms with Gasteiger partial charge in [-0.3, -0.25) is 0 Å². The van der Waals surface area contributed by atoms with Crippen LogP contribution in [0.25, 0.3) is 0 Å². The van der Waals surface area contributed by atoms with Gasteiger partial charge in [0.05, 0.1) is 18.6 Å². The Kier molecular flexibility index (Phi) is 3.11. The molecule has 3 unspecified atom stereocenters. The van der Waals surface area contributed by atoms with Crippen LogP contribution in [0.15, 0.2) is 4.52 Å². The molecule has 3 atom stereocenters. The Morgan fingerprint density at radius 2 is 2.16 bits per heavy atom. The van der Waals surface area contributed by atoms with E-state index < -0.39 is 11.0 Å². The van der Waals surface area contributed by atoms with Gasteiger partial charge in [-0.05, 0) is 33.1 Å². The number of ether oxygens (including phenoxy) is 2. The second kappa shape index (κ2) is 4.54. The van der Waals surface area contributed by atoms with Crippen LogP contribution in [0.2, 0.25) is 0 Å². The Morgan fingerprint density at radius 1 is 1.32 bits per heavy atom. The lowest BCUT2D eigenvalue weighted by Gasteiger charge is -2.30.